The molecule has 1 saturated carbocycles. The number of nitrogens with zero attached hydrogens (tertiary/aromatic N) is 2. The van der Waals surface area contributed by atoms with Crippen molar-refractivity contribution >= 4 is 28.7 Å². The molecule has 1 aromatic heterocycles. The zero-order valence-corrected chi connectivity index (χ0v) is 21.6. The number of Topliss-reactive ketones (excluding diaryl/α,β-unsaturated/α-hetero) is 1. The van der Waals surface area contributed by atoms with Gasteiger partial charge in [0.25, 0.3) is 0 Å². The quantitative estimate of drug-likeness (QED) is 0.497. The van der Waals surface area contributed by atoms with Gasteiger partial charge in [-0.3, -0.25) is 14.3 Å². The molecule has 0 N–H and O–H groups in total. The predicted octanol–water partition coefficient (Wildman–Crippen LogP) is 5.82. The first kappa shape index (κ1) is 21.3. The van der Waals surface area contributed by atoms with Crippen LogP contribution in [0.2, 0.25) is 0 Å². The molecule has 0 bridgehead atoms. The van der Waals surface area contributed by atoms with Crippen LogP contribution in [0.3, 0.4) is 0 Å². The molecule has 5 rings (SSSR count). The molecule has 7 heteroatoms. The summed E-state index contributed by atoms with van der Waals surface area (Å²) in [5.74, 6) is -0.175. The van der Waals surface area contributed by atoms with Crippen LogP contribution in [-0.4, -0.2) is 45.5 Å². The van der Waals surface area contributed by atoms with Crippen LogP contribution in [0.5, 0.6) is 0 Å². The lowest BCUT2D eigenvalue weighted by atomic mass is 9.75. The van der Waals surface area contributed by atoms with Crippen molar-refractivity contribution < 1.29 is 28.0 Å². The monoisotopic (exact) mass is 497 g/mol. The Morgan fingerprint density at radius 2 is 1.92 bits per heavy atom. The Morgan fingerprint density at radius 3 is 2.61 bits per heavy atom. The van der Waals surface area contributed by atoms with Gasteiger partial charge in [0.15, 0.2) is 11.5 Å². The number of carbonyl (C=O) groups is 3. The molecule has 1 unspecified atom stereocenters. The molecular weight excluding hydrogens is 456 g/mol. The normalized spacial score (nSPS) is 28.4. The van der Waals surface area contributed by atoms with E-state index in [-0.39, 0.29) is 23.8 Å². The SMILES string of the molecule is [2H]C([2H])([2H])C1(C)OC(=O)c2cc3cc(CC(=O)[C@@H]4[C@H](C5CCCCC5)CCN4C(=O)OC(C)(C)C)ccc3n21. The van der Waals surface area contributed by atoms with Crippen LogP contribution in [0.15, 0.2) is 24.3 Å². The number of cyclic esters (lactones) is 1. The average molecular weight is 498 g/mol. The number of ketones is 1. The lowest BCUT2D eigenvalue weighted by molar-refractivity contribution is -0.124. The van der Waals surface area contributed by atoms with E-state index >= 15 is 0 Å². The fraction of sp³-hybridized carbons (Fsp3) is 0.621. The number of likely N-dealkylation sites (tertiary alicyclic amines) is 1. The molecule has 1 aromatic carbocycles. The summed E-state index contributed by atoms with van der Waals surface area (Å²) in [6.07, 6.45) is 6.17. The highest BCUT2D eigenvalue weighted by atomic mass is 16.6. The second kappa shape index (κ2) is 8.93. The summed E-state index contributed by atoms with van der Waals surface area (Å²) in [4.78, 5) is 41.2. The van der Waals surface area contributed by atoms with E-state index in [0.29, 0.717) is 23.4 Å². The highest BCUT2D eigenvalue weighted by Crippen LogP contribution is 2.40. The molecule has 3 atom stereocenters. The molecule has 3 aliphatic rings. The number of aromatic nitrogens is 1. The van der Waals surface area contributed by atoms with E-state index in [9.17, 15) is 14.4 Å². The first-order valence-corrected chi connectivity index (χ1v) is 13.1. The van der Waals surface area contributed by atoms with E-state index in [0.717, 1.165) is 37.7 Å². The number of carbonyl (C=O) groups excluding carboxylic acids is 3. The summed E-state index contributed by atoms with van der Waals surface area (Å²) >= 11 is 0. The lowest BCUT2D eigenvalue weighted by Crippen LogP contribution is -2.47. The van der Waals surface area contributed by atoms with Crippen molar-refractivity contribution in [1.29, 1.82) is 0 Å². The van der Waals surface area contributed by atoms with Crippen LogP contribution < -0.4 is 0 Å². The third-order valence-electron chi connectivity index (χ3n) is 7.83. The van der Waals surface area contributed by atoms with E-state index in [2.05, 4.69) is 0 Å². The number of hydrogen-bond acceptors (Lipinski definition) is 5. The molecule has 36 heavy (non-hydrogen) atoms. The minimum Gasteiger partial charge on any atom is -0.444 e. The van der Waals surface area contributed by atoms with Crippen LogP contribution in [-0.2, 0) is 26.4 Å². The fourth-order valence-corrected chi connectivity index (χ4v) is 6.38. The third-order valence-corrected chi connectivity index (χ3v) is 7.83. The van der Waals surface area contributed by atoms with Crippen molar-refractivity contribution in [2.24, 2.45) is 11.8 Å². The summed E-state index contributed by atoms with van der Waals surface area (Å²) in [7, 11) is 0. The van der Waals surface area contributed by atoms with Gasteiger partial charge in [0, 0.05) is 22.5 Å². The highest BCUT2D eigenvalue weighted by molar-refractivity contribution is 5.98. The van der Waals surface area contributed by atoms with Gasteiger partial charge in [-0.1, -0.05) is 38.2 Å². The van der Waals surface area contributed by atoms with Gasteiger partial charge in [-0.25, -0.2) is 9.59 Å². The Hall–Kier alpha value is -2.83. The molecule has 2 aromatic rings. The Labute approximate surface area is 217 Å². The predicted molar refractivity (Wildman–Crippen MR) is 137 cm³/mol. The van der Waals surface area contributed by atoms with Gasteiger partial charge in [0.05, 0.1) is 11.6 Å². The van der Waals surface area contributed by atoms with E-state index in [1.54, 1.807) is 23.1 Å². The Bertz CT molecular complexity index is 1300. The van der Waals surface area contributed by atoms with Crippen molar-refractivity contribution in [2.45, 2.75) is 96.9 Å². The molecular formula is C29H38N2O5. The zero-order valence-electron chi connectivity index (χ0n) is 24.6. The number of rotatable bonds is 4. The Morgan fingerprint density at radius 1 is 1.17 bits per heavy atom. The van der Waals surface area contributed by atoms with Gasteiger partial charge < -0.3 is 9.47 Å². The minimum absolute atomic E-state index is 0.0215. The van der Waals surface area contributed by atoms with E-state index in [1.807, 2.05) is 26.8 Å². The molecule has 0 spiro atoms. The first-order chi connectivity index (χ1) is 18.2. The standard InChI is InChI=1S/C29H38N2O5/c1-28(2,3)36-27(34)30-14-13-21(19-9-7-6-8-10-19)25(30)24(32)16-18-11-12-22-20(15-18)17-23-26(33)35-29(4,5)31(22)23/h11-12,15,17,19,21,25H,6-10,13-14,16H2,1-5H3/t21-,25-/m0/s1/i4D3/t21-,25-,29?. The third kappa shape index (κ3) is 4.53. The van der Waals surface area contributed by atoms with Crippen molar-refractivity contribution in [3.63, 3.8) is 0 Å². The fourth-order valence-electron chi connectivity index (χ4n) is 6.38. The van der Waals surface area contributed by atoms with E-state index in [4.69, 9.17) is 13.6 Å². The van der Waals surface area contributed by atoms with Crippen LogP contribution >= 0.6 is 0 Å². The summed E-state index contributed by atoms with van der Waals surface area (Å²) in [6.45, 7) is 4.82. The molecule has 1 amide bonds. The molecule has 194 valence electrons. The van der Waals surface area contributed by atoms with Gasteiger partial charge in [-0.15, -0.1) is 0 Å². The van der Waals surface area contributed by atoms with Gasteiger partial charge in [-0.2, -0.15) is 0 Å². The van der Waals surface area contributed by atoms with Gasteiger partial charge in [0.2, 0.25) is 0 Å². The zero-order chi connectivity index (χ0) is 28.3. The van der Waals surface area contributed by atoms with Crippen molar-refractivity contribution in [2.75, 3.05) is 6.54 Å². The largest absolute Gasteiger partial charge is 0.444 e. The lowest BCUT2D eigenvalue weighted by Gasteiger charge is -2.34. The van der Waals surface area contributed by atoms with Crippen LogP contribution in [0.1, 0.15) is 93.2 Å². The molecule has 0 radical (unpaired) electrons. The molecule has 1 saturated heterocycles. The van der Waals surface area contributed by atoms with Gasteiger partial charge in [-0.05, 0) is 76.6 Å². The number of esters is 1. The maximum absolute atomic E-state index is 13.9. The smallest absolute Gasteiger partial charge is 0.410 e. The molecule has 1 aliphatic carbocycles. The molecule has 3 heterocycles. The van der Waals surface area contributed by atoms with Gasteiger partial charge in [0.1, 0.15) is 11.3 Å². The van der Waals surface area contributed by atoms with Crippen molar-refractivity contribution in [1.82, 2.24) is 9.47 Å². The molecule has 7 nitrogen and oxygen atoms in total. The van der Waals surface area contributed by atoms with Gasteiger partial charge >= 0.3 is 12.1 Å². The summed E-state index contributed by atoms with van der Waals surface area (Å²) in [5, 5.41) is 0.668. The summed E-state index contributed by atoms with van der Waals surface area (Å²) < 4.78 is 36.3. The topological polar surface area (TPSA) is 77.8 Å². The number of ether oxygens (including phenoxy) is 2. The maximum Gasteiger partial charge on any atom is 0.410 e. The second-order valence-electron chi connectivity index (χ2n) is 11.7. The number of amides is 1. The Kier molecular flexibility index (Phi) is 5.28. The number of fused-ring (bicyclic) bond motifs is 3. The van der Waals surface area contributed by atoms with Crippen LogP contribution in [0.25, 0.3) is 10.9 Å². The number of hydrogen-bond donors (Lipinski definition) is 0. The highest BCUT2D eigenvalue weighted by Gasteiger charge is 2.46. The van der Waals surface area contributed by atoms with Crippen LogP contribution in [0.4, 0.5) is 4.79 Å². The summed E-state index contributed by atoms with van der Waals surface area (Å²) in [5.41, 5.74) is -0.972. The van der Waals surface area contributed by atoms with E-state index < -0.39 is 36.3 Å². The van der Waals surface area contributed by atoms with E-state index in [1.165, 1.54) is 17.9 Å². The maximum atomic E-state index is 13.9. The first-order valence-electron chi connectivity index (χ1n) is 14.6. The molecule has 2 aliphatic heterocycles. The van der Waals surface area contributed by atoms with Crippen molar-refractivity contribution in [3.8, 4) is 0 Å². The minimum atomic E-state index is -2.56. The van der Waals surface area contributed by atoms with Crippen LogP contribution in [0, 0.1) is 11.8 Å². The Balaban J connectivity index is 1.43. The summed E-state index contributed by atoms with van der Waals surface area (Å²) in [6, 6.07) is 6.45. The average Bonchev–Trinajstić information content (AvgIpc) is 3.51. The molecule has 2 fully saturated rings. The van der Waals surface area contributed by atoms with Crippen molar-refractivity contribution in [3.05, 3.63) is 35.5 Å². The second-order valence-corrected chi connectivity index (χ2v) is 11.7. The number of benzene rings is 1.